The average Bonchev–Trinajstić information content (AvgIpc) is 3.48. The molecule has 2 N–H and O–H groups in total. The molecule has 184 valence electrons. The molecule has 2 heterocycles. The van der Waals surface area contributed by atoms with Gasteiger partial charge in [0.05, 0.1) is 5.52 Å². The van der Waals surface area contributed by atoms with Crippen molar-refractivity contribution in [3.8, 4) is 0 Å². The van der Waals surface area contributed by atoms with Gasteiger partial charge >= 0.3 is 5.97 Å². The summed E-state index contributed by atoms with van der Waals surface area (Å²) in [7, 11) is 0. The number of carboxylic acids is 1. The van der Waals surface area contributed by atoms with E-state index < -0.39 is 5.97 Å². The van der Waals surface area contributed by atoms with Crippen molar-refractivity contribution in [1.82, 2.24) is 14.9 Å². The summed E-state index contributed by atoms with van der Waals surface area (Å²) in [5.74, 6) is -0.122. The van der Waals surface area contributed by atoms with E-state index in [1.807, 2.05) is 37.3 Å². The summed E-state index contributed by atoms with van der Waals surface area (Å²) < 4.78 is 16.0. The molecular formula is C29H28FN3O3. The normalized spacial score (nSPS) is 23.3. The van der Waals surface area contributed by atoms with Crippen molar-refractivity contribution in [3.63, 3.8) is 0 Å². The van der Waals surface area contributed by atoms with E-state index in [-0.39, 0.29) is 30.2 Å². The zero-order valence-corrected chi connectivity index (χ0v) is 20.1. The number of nitrogens with one attached hydrogen (secondary N) is 1. The average molecular weight is 486 g/mol. The Morgan fingerprint density at radius 2 is 1.81 bits per heavy atom. The lowest BCUT2D eigenvalue weighted by molar-refractivity contribution is -0.137. The van der Waals surface area contributed by atoms with Gasteiger partial charge < -0.3 is 15.0 Å². The number of pyridine rings is 1. The minimum absolute atomic E-state index is 0.119. The number of rotatable bonds is 5. The molecule has 6 rings (SSSR count). The van der Waals surface area contributed by atoms with Crippen molar-refractivity contribution in [2.24, 2.45) is 11.8 Å². The Bertz CT molecular complexity index is 1500. The molecule has 7 heteroatoms. The van der Waals surface area contributed by atoms with Gasteiger partial charge in [-0.1, -0.05) is 24.3 Å². The molecule has 2 saturated carbocycles. The molecule has 36 heavy (non-hydrogen) atoms. The Labute approximate surface area is 208 Å². The van der Waals surface area contributed by atoms with E-state index in [4.69, 9.17) is 0 Å². The number of aliphatic carboxylic acids is 1. The van der Waals surface area contributed by atoms with Crippen LogP contribution in [0, 0.1) is 24.6 Å². The second-order valence-electron chi connectivity index (χ2n) is 10.4. The van der Waals surface area contributed by atoms with Gasteiger partial charge in [-0.05, 0) is 86.3 Å². The highest BCUT2D eigenvalue weighted by Gasteiger charge is 2.43. The van der Waals surface area contributed by atoms with Crippen LogP contribution in [0.5, 0.6) is 0 Å². The third-order valence-corrected chi connectivity index (χ3v) is 8.22. The minimum Gasteiger partial charge on any atom is -0.480 e. The largest absolute Gasteiger partial charge is 0.480 e. The quantitative estimate of drug-likeness (QED) is 0.395. The summed E-state index contributed by atoms with van der Waals surface area (Å²) in [5, 5.41) is 14.4. The number of benzene rings is 2. The molecule has 0 spiro atoms. The molecule has 0 aliphatic heterocycles. The van der Waals surface area contributed by atoms with E-state index in [2.05, 4.69) is 10.3 Å². The monoisotopic (exact) mass is 485 g/mol. The van der Waals surface area contributed by atoms with E-state index in [0.717, 1.165) is 58.7 Å². The highest BCUT2D eigenvalue weighted by molar-refractivity contribution is 5.95. The smallest absolute Gasteiger partial charge is 0.323 e. The molecule has 2 fully saturated rings. The fourth-order valence-corrected chi connectivity index (χ4v) is 6.76. The van der Waals surface area contributed by atoms with Crippen molar-refractivity contribution >= 4 is 33.7 Å². The van der Waals surface area contributed by atoms with Crippen LogP contribution in [-0.4, -0.2) is 32.6 Å². The number of hydrogen-bond donors (Lipinski definition) is 2. The van der Waals surface area contributed by atoms with Crippen LogP contribution in [-0.2, 0) is 11.3 Å². The third-order valence-electron chi connectivity index (χ3n) is 8.22. The van der Waals surface area contributed by atoms with E-state index >= 15 is 0 Å². The number of hydrogen-bond acceptors (Lipinski definition) is 3. The molecule has 2 aliphatic rings. The maximum absolute atomic E-state index is 14.2. The van der Waals surface area contributed by atoms with Crippen molar-refractivity contribution in [2.75, 3.05) is 0 Å². The van der Waals surface area contributed by atoms with Crippen molar-refractivity contribution < 1.29 is 19.1 Å². The van der Waals surface area contributed by atoms with Gasteiger partial charge in [0.25, 0.3) is 5.91 Å². The molecule has 2 aromatic heterocycles. The summed E-state index contributed by atoms with van der Waals surface area (Å²) in [4.78, 5) is 28.9. The van der Waals surface area contributed by atoms with Gasteiger partial charge in [-0.2, -0.15) is 0 Å². The second-order valence-corrected chi connectivity index (χ2v) is 10.4. The molecule has 4 aromatic rings. The first kappa shape index (κ1) is 22.7. The lowest BCUT2D eigenvalue weighted by Gasteiger charge is -2.17. The number of carbonyl (C=O) groups excluding carboxylic acids is 1. The van der Waals surface area contributed by atoms with Crippen LogP contribution in [0.15, 0.2) is 54.6 Å². The fraction of sp³-hybridized carbons (Fsp3) is 0.345. The maximum atomic E-state index is 14.2. The lowest BCUT2D eigenvalue weighted by atomic mass is 9.91. The standard InChI is InChI=1S/C29H28FN3O3/c1-16-28(23-14-21(30)7-9-26(23)33(16)15-27(34)35)20-10-18-12-22(13-19(18)11-20)31-29(36)25-8-6-17-4-2-3-5-24(17)32-25/h2-9,14,18-20,22H,10-13,15H2,1H3,(H,31,36)(H,34,35). The number of fused-ring (bicyclic) bond motifs is 3. The predicted octanol–water partition coefficient (Wildman–Crippen LogP) is 5.42. The SMILES string of the molecule is Cc1c(C2CC3CC(NC(=O)c4ccc5ccccc5n4)CC3C2)c2cc(F)ccc2n1CC(=O)O. The molecule has 0 bridgehead atoms. The van der Waals surface area contributed by atoms with Crippen molar-refractivity contribution in [3.05, 3.63) is 77.4 Å². The highest BCUT2D eigenvalue weighted by atomic mass is 19.1. The lowest BCUT2D eigenvalue weighted by Crippen LogP contribution is -2.34. The number of halogens is 1. The molecule has 2 aliphatic carbocycles. The summed E-state index contributed by atoms with van der Waals surface area (Å²) in [5.41, 5.74) is 4.02. The van der Waals surface area contributed by atoms with Gasteiger partial charge in [0.1, 0.15) is 18.1 Å². The van der Waals surface area contributed by atoms with Crippen molar-refractivity contribution in [1.29, 1.82) is 0 Å². The number of para-hydroxylation sites is 1. The van der Waals surface area contributed by atoms with Crippen LogP contribution < -0.4 is 5.32 Å². The zero-order chi connectivity index (χ0) is 25.0. The van der Waals surface area contributed by atoms with Crippen LogP contribution >= 0.6 is 0 Å². The molecule has 2 unspecified atom stereocenters. The maximum Gasteiger partial charge on any atom is 0.323 e. The molecule has 0 saturated heterocycles. The van der Waals surface area contributed by atoms with E-state index in [0.29, 0.717) is 17.5 Å². The van der Waals surface area contributed by atoms with E-state index in [1.54, 1.807) is 22.8 Å². The van der Waals surface area contributed by atoms with E-state index in [9.17, 15) is 19.1 Å². The van der Waals surface area contributed by atoms with Crippen LogP contribution in [0.3, 0.4) is 0 Å². The Balaban J connectivity index is 1.18. The van der Waals surface area contributed by atoms with Crippen LogP contribution in [0.25, 0.3) is 21.8 Å². The summed E-state index contributed by atoms with van der Waals surface area (Å²) >= 11 is 0. The first-order valence-corrected chi connectivity index (χ1v) is 12.5. The Morgan fingerprint density at radius 3 is 2.56 bits per heavy atom. The Kier molecular flexibility index (Phi) is 5.51. The second kappa shape index (κ2) is 8.73. The number of aromatic nitrogens is 2. The van der Waals surface area contributed by atoms with E-state index in [1.165, 1.54) is 6.07 Å². The van der Waals surface area contributed by atoms with Gasteiger partial charge in [0.15, 0.2) is 0 Å². The van der Waals surface area contributed by atoms with Crippen LogP contribution in [0.2, 0.25) is 0 Å². The summed E-state index contributed by atoms with van der Waals surface area (Å²) in [6, 6.07) is 16.2. The number of carbonyl (C=O) groups is 2. The zero-order valence-electron chi connectivity index (χ0n) is 20.1. The number of nitrogens with zero attached hydrogens (tertiary/aromatic N) is 2. The summed E-state index contributed by atoms with van der Waals surface area (Å²) in [6.07, 6.45) is 3.77. The Hall–Kier alpha value is -3.74. The van der Waals surface area contributed by atoms with Gasteiger partial charge in [-0.25, -0.2) is 9.37 Å². The first-order valence-electron chi connectivity index (χ1n) is 12.5. The first-order chi connectivity index (χ1) is 17.4. The molecule has 1 amide bonds. The third kappa shape index (κ3) is 3.92. The number of carboxylic acid groups (broad SMARTS) is 1. The molecule has 2 atom stereocenters. The molecular weight excluding hydrogens is 457 g/mol. The van der Waals surface area contributed by atoms with Crippen molar-refractivity contribution in [2.45, 2.75) is 51.1 Å². The minimum atomic E-state index is -0.909. The van der Waals surface area contributed by atoms with Gasteiger partial charge in [-0.15, -0.1) is 0 Å². The molecule has 0 radical (unpaired) electrons. The molecule has 6 nitrogen and oxygen atoms in total. The van der Waals surface area contributed by atoms with Gasteiger partial charge in [0.2, 0.25) is 0 Å². The fourth-order valence-electron chi connectivity index (χ4n) is 6.76. The summed E-state index contributed by atoms with van der Waals surface area (Å²) in [6.45, 7) is 1.81. The topological polar surface area (TPSA) is 84.2 Å². The van der Waals surface area contributed by atoms with Gasteiger partial charge in [-0.3, -0.25) is 9.59 Å². The predicted molar refractivity (Wildman–Crippen MR) is 135 cm³/mol. The Morgan fingerprint density at radius 1 is 1.06 bits per heavy atom. The highest BCUT2D eigenvalue weighted by Crippen LogP contribution is 2.52. The van der Waals surface area contributed by atoms with Gasteiger partial charge in [0, 0.05) is 28.0 Å². The van der Waals surface area contributed by atoms with Crippen LogP contribution in [0.1, 0.15) is 53.3 Å². The number of amides is 1. The molecule has 2 aromatic carbocycles. The van der Waals surface area contributed by atoms with Crippen LogP contribution in [0.4, 0.5) is 4.39 Å².